The van der Waals surface area contributed by atoms with E-state index in [0.717, 1.165) is 58.1 Å². The lowest BCUT2D eigenvalue weighted by atomic mass is 9.92. The van der Waals surface area contributed by atoms with Crippen LogP contribution in [0.25, 0.3) is 21.7 Å². The Bertz CT molecular complexity index is 1210. The summed E-state index contributed by atoms with van der Waals surface area (Å²) in [6.45, 7) is 4.89. The summed E-state index contributed by atoms with van der Waals surface area (Å²) >= 11 is 1.68. The van der Waals surface area contributed by atoms with Gasteiger partial charge in [0.1, 0.15) is 5.01 Å². The molecule has 8 nitrogen and oxygen atoms in total. The summed E-state index contributed by atoms with van der Waals surface area (Å²) in [5.74, 6) is 1.38. The van der Waals surface area contributed by atoms with E-state index in [4.69, 9.17) is 15.7 Å². The number of aromatic nitrogens is 5. The summed E-state index contributed by atoms with van der Waals surface area (Å²) in [4.78, 5) is 20.0. The highest BCUT2D eigenvalue weighted by Crippen LogP contribution is 2.28. The Hall–Kier alpha value is -2.75. The van der Waals surface area contributed by atoms with Gasteiger partial charge in [0.15, 0.2) is 17.0 Å². The molecule has 1 aromatic carbocycles. The van der Waals surface area contributed by atoms with E-state index in [2.05, 4.69) is 51.1 Å². The fraction of sp³-hybridized carbons (Fsp3) is 0.417. The number of fused-ring (bicyclic) bond motifs is 1. The normalized spacial score (nSPS) is 18.1. The highest BCUT2D eigenvalue weighted by molar-refractivity contribution is 7.15. The third kappa shape index (κ3) is 5.32. The summed E-state index contributed by atoms with van der Waals surface area (Å²) < 4.78 is 2.09. The molecule has 3 heterocycles. The van der Waals surface area contributed by atoms with Crippen molar-refractivity contribution in [1.82, 2.24) is 24.5 Å². The smallest absolute Gasteiger partial charge is 0.227 e. The molecule has 1 aliphatic rings. The predicted octanol–water partition coefficient (Wildman–Crippen LogP) is 5.25. The number of nitrogens with zero attached hydrogens (tertiary/aromatic N) is 5. The van der Waals surface area contributed by atoms with E-state index in [0.29, 0.717) is 24.6 Å². The molecule has 4 N–H and O–H groups in total. The molecular formula is C24H31ClN8S. The Morgan fingerprint density at radius 3 is 2.59 bits per heavy atom. The van der Waals surface area contributed by atoms with Crippen molar-refractivity contribution in [3.05, 3.63) is 47.7 Å². The van der Waals surface area contributed by atoms with Crippen LogP contribution in [0.5, 0.6) is 0 Å². The fourth-order valence-electron chi connectivity index (χ4n) is 4.20. The zero-order valence-corrected chi connectivity index (χ0v) is 21.1. The van der Waals surface area contributed by atoms with Crippen LogP contribution in [0.2, 0.25) is 0 Å². The summed E-state index contributed by atoms with van der Waals surface area (Å²) in [7, 11) is 0. The maximum atomic E-state index is 6.08. The van der Waals surface area contributed by atoms with Gasteiger partial charge in [-0.05, 0) is 39.5 Å². The second-order valence-electron chi connectivity index (χ2n) is 8.92. The molecular weight excluding hydrogens is 468 g/mol. The molecule has 3 aromatic heterocycles. The minimum atomic E-state index is 0. The minimum absolute atomic E-state index is 0. The third-order valence-corrected chi connectivity index (χ3v) is 7.13. The Labute approximate surface area is 209 Å². The van der Waals surface area contributed by atoms with Crippen LogP contribution in [0.15, 0.2) is 42.9 Å². The molecule has 0 amide bonds. The Balaban J connectivity index is 0.00000274. The van der Waals surface area contributed by atoms with Gasteiger partial charge in [0.2, 0.25) is 5.95 Å². The molecule has 1 saturated carbocycles. The predicted molar refractivity (Wildman–Crippen MR) is 142 cm³/mol. The van der Waals surface area contributed by atoms with Crippen molar-refractivity contribution in [2.75, 3.05) is 10.6 Å². The van der Waals surface area contributed by atoms with Crippen molar-refractivity contribution in [3.63, 3.8) is 0 Å². The van der Waals surface area contributed by atoms with Crippen molar-refractivity contribution in [2.24, 2.45) is 5.73 Å². The number of hydrogen-bond acceptors (Lipinski definition) is 8. The summed E-state index contributed by atoms with van der Waals surface area (Å²) in [6, 6.07) is 11.2. The molecule has 0 bridgehead atoms. The van der Waals surface area contributed by atoms with Gasteiger partial charge in [0.05, 0.1) is 12.9 Å². The first kappa shape index (κ1) is 24.4. The van der Waals surface area contributed by atoms with E-state index in [1.54, 1.807) is 11.3 Å². The zero-order valence-electron chi connectivity index (χ0n) is 19.4. The lowest BCUT2D eigenvalue weighted by molar-refractivity contribution is 0.410. The molecule has 0 atom stereocenters. The molecule has 5 rings (SSSR count). The van der Waals surface area contributed by atoms with Crippen molar-refractivity contribution >= 4 is 46.7 Å². The zero-order chi connectivity index (χ0) is 22.8. The van der Waals surface area contributed by atoms with Crippen molar-refractivity contribution in [1.29, 1.82) is 0 Å². The number of anilines is 2. The van der Waals surface area contributed by atoms with Crippen LogP contribution in [0.4, 0.5) is 11.8 Å². The first-order valence-electron chi connectivity index (χ1n) is 11.6. The molecule has 0 unspecified atom stereocenters. The standard InChI is InChI=1S/C24H30N8S.ClH/c1-15(2)32-14-28-20-21(26-12-19-13-27-23(33-19)16-6-4-3-5-7-16)30-24(31-22(20)32)29-18-10-8-17(25)9-11-18;/h3-7,13-15,17-18H,8-12,25H2,1-2H3,(H2,26,29,30,31);1H. The molecule has 0 spiro atoms. The van der Waals surface area contributed by atoms with Crippen LogP contribution < -0.4 is 16.4 Å². The number of benzene rings is 1. The topological polar surface area (TPSA) is 107 Å². The summed E-state index contributed by atoms with van der Waals surface area (Å²) in [6.07, 6.45) is 7.91. The lowest BCUT2D eigenvalue weighted by Gasteiger charge is -2.27. The lowest BCUT2D eigenvalue weighted by Crippen LogP contribution is -2.33. The maximum absolute atomic E-state index is 6.08. The summed E-state index contributed by atoms with van der Waals surface area (Å²) in [5.41, 5.74) is 8.83. The number of hydrogen-bond donors (Lipinski definition) is 3. The van der Waals surface area contributed by atoms with E-state index in [1.165, 1.54) is 0 Å². The minimum Gasteiger partial charge on any atom is -0.363 e. The molecule has 0 radical (unpaired) electrons. The highest BCUT2D eigenvalue weighted by atomic mass is 35.5. The largest absolute Gasteiger partial charge is 0.363 e. The maximum Gasteiger partial charge on any atom is 0.227 e. The van der Waals surface area contributed by atoms with Gasteiger partial charge in [-0.25, -0.2) is 9.97 Å². The number of thiazole rings is 1. The number of imidazole rings is 1. The van der Waals surface area contributed by atoms with Crippen LogP contribution in [0, 0.1) is 0 Å². The van der Waals surface area contributed by atoms with Gasteiger partial charge in [0, 0.05) is 34.8 Å². The van der Waals surface area contributed by atoms with Gasteiger partial charge >= 0.3 is 0 Å². The molecule has 0 saturated heterocycles. The first-order chi connectivity index (χ1) is 16.1. The van der Waals surface area contributed by atoms with Crippen LogP contribution >= 0.6 is 23.7 Å². The van der Waals surface area contributed by atoms with Crippen LogP contribution in [0.3, 0.4) is 0 Å². The molecule has 1 aliphatic carbocycles. The molecule has 1 fully saturated rings. The second-order valence-corrected chi connectivity index (χ2v) is 10.0. The van der Waals surface area contributed by atoms with Crippen LogP contribution in [-0.4, -0.2) is 36.6 Å². The quantitative estimate of drug-likeness (QED) is 0.319. The van der Waals surface area contributed by atoms with Gasteiger partial charge in [0.25, 0.3) is 0 Å². The molecule has 180 valence electrons. The van der Waals surface area contributed by atoms with Crippen molar-refractivity contribution in [3.8, 4) is 10.6 Å². The van der Waals surface area contributed by atoms with E-state index < -0.39 is 0 Å². The van der Waals surface area contributed by atoms with Gasteiger partial charge < -0.3 is 20.9 Å². The average Bonchev–Trinajstić information content (AvgIpc) is 3.47. The van der Waals surface area contributed by atoms with E-state index in [9.17, 15) is 0 Å². The monoisotopic (exact) mass is 498 g/mol. The average molecular weight is 499 g/mol. The van der Waals surface area contributed by atoms with Gasteiger partial charge in [-0.1, -0.05) is 30.3 Å². The third-order valence-electron chi connectivity index (χ3n) is 6.09. The number of rotatable bonds is 7. The second kappa shape index (κ2) is 10.7. The number of nitrogens with two attached hydrogens (primary N) is 1. The van der Waals surface area contributed by atoms with E-state index in [-0.39, 0.29) is 18.4 Å². The van der Waals surface area contributed by atoms with Gasteiger partial charge in [-0.3, -0.25) is 0 Å². The Morgan fingerprint density at radius 2 is 1.85 bits per heavy atom. The fourth-order valence-corrected chi connectivity index (χ4v) is 5.06. The van der Waals surface area contributed by atoms with Gasteiger partial charge in [-0.2, -0.15) is 9.97 Å². The molecule has 0 aliphatic heterocycles. The Kier molecular flexibility index (Phi) is 7.65. The van der Waals surface area contributed by atoms with E-state index in [1.807, 2.05) is 30.7 Å². The molecule has 34 heavy (non-hydrogen) atoms. The number of halogens is 1. The van der Waals surface area contributed by atoms with Crippen molar-refractivity contribution in [2.45, 2.75) is 64.2 Å². The first-order valence-corrected chi connectivity index (χ1v) is 12.4. The SMILES string of the molecule is CC(C)n1cnc2c(NCc3cnc(-c4ccccc4)s3)nc(NC3CCC(N)CC3)nc21.Cl. The van der Waals surface area contributed by atoms with Gasteiger partial charge in [-0.15, -0.1) is 23.7 Å². The molecule has 10 heteroatoms. The van der Waals surface area contributed by atoms with E-state index >= 15 is 0 Å². The summed E-state index contributed by atoms with van der Waals surface area (Å²) in [5, 5.41) is 8.05. The van der Waals surface area contributed by atoms with Crippen molar-refractivity contribution < 1.29 is 0 Å². The highest BCUT2D eigenvalue weighted by Gasteiger charge is 2.21. The van der Waals surface area contributed by atoms with Crippen LogP contribution in [-0.2, 0) is 6.54 Å². The number of nitrogens with one attached hydrogen (secondary N) is 2. The Morgan fingerprint density at radius 1 is 1.09 bits per heavy atom. The van der Waals surface area contributed by atoms with Crippen LogP contribution in [0.1, 0.15) is 50.4 Å². The molecule has 4 aromatic rings.